The highest BCUT2D eigenvalue weighted by Crippen LogP contribution is 2.19. The van der Waals surface area contributed by atoms with Gasteiger partial charge in [0, 0.05) is 29.7 Å². The lowest BCUT2D eigenvalue weighted by molar-refractivity contribution is -0.140. The van der Waals surface area contributed by atoms with Crippen molar-refractivity contribution in [1.82, 2.24) is 9.88 Å². The van der Waals surface area contributed by atoms with E-state index in [0.29, 0.717) is 5.56 Å². The zero-order valence-corrected chi connectivity index (χ0v) is 11.8. The quantitative estimate of drug-likeness (QED) is 0.896. The molecule has 0 fully saturated rings. The number of carbonyl (C=O) groups is 2. The Kier molecular flexibility index (Phi) is 3.79. The van der Waals surface area contributed by atoms with Crippen LogP contribution < -0.4 is 5.32 Å². The van der Waals surface area contributed by atoms with Crippen molar-refractivity contribution in [3.05, 3.63) is 36.0 Å². The summed E-state index contributed by atoms with van der Waals surface area (Å²) < 4.78 is 1.92. The Hall–Kier alpha value is -2.30. The first-order valence-electron chi connectivity index (χ1n) is 6.49. The molecule has 1 amide bonds. The van der Waals surface area contributed by atoms with Crippen molar-refractivity contribution in [2.45, 2.75) is 19.9 Å². The highest BCUT2D eigenvalue weighted by atomic mass is 16.4. The van der Waals surface area contributed by atoms with Gasteiger partial charge < -0.3 is 15.0 Å². The minimum atomic E-state index is -1.02. The van der Waals surface area contributed by atoms with Gasteiger partial charge in [-0.3, -0.25) is 4.79 Å². The van der Waals surface area contributed by atoms with E-state index in [2.05, 4.69) is 5.32 Å². The number of nitrogens with one attached hydrogen (secondary N) is 1. The number of hydrogen-bond donors (Lipinski definition) is 2. The Morgan fingerprint density at radius 2 is 1.95 bits per heavy atom. The van der Waals surface area contributed by atoms with Crippen LogP contribution in [0.2, 0.25) is 0 Å². The summed E-state index contributed by atoms with van der Waals surface area (Å²) in [5, 5.41) is 12.5. The molecule has 0 radical (unpaired) electrons. The lowest BCUT2D eigenvalue weighted by atomic mass is 10.0. The van der Waals surface area contributed by atoms with Crippen LogP contribution in [0.15, 0.2) is 30.5 Å². The van der Waals surface area contributed by atoms with Crippen LogP contribution in [0.4, 0.5) is 0 Å². The van der Waals surface area contributed by atoms with E-state index in [-0.39, 0.29) is 11.8 Å². The molecule has 2 aromatic rings. The lowest BCUT2D eigenvalue weighted by Gasteiger charge is -2.18. The predicted octanol–water partition coefficient (Wildman–Crippen LogP) is 2.02. The van der Waals surface area contributed by atoms with Crippen molar-refractivity contribution in [2.75, 3.05) is 0 Å². The highest BCUT2D eigenvalue weighted by Gasteiger charge is 2.24. The molecule has 5 heteroatoms. The van der Waals surface area contributed by atoms with Crippen LogP contribution in [0.3, 0.4) is 0 Å². The molecule has 20 heavy (non-hydrogen) atoms. The minimum Gasteiger partial charge on any atom is -0.480 e. The topological polar surface area (TPSA) is 71.3 Å². The normalized spacial score (nSPS) is 12.6. The molecule has 5 nitrogen and oxygen atoms in total. The first kappa shape index (κ1) is 14.1. The van der Waals surface area contributed by atoms with Gasteiger partial charge in [-0.15, -0.1) is 0 Å². The number of amides is 1. The van der Waals surface area contributed by atoms with Crippen LogP contribution >= 0.6 is 0 Å². The molecule has 0 bridgehead atoms. The number of hydrogen-bond acceptors (Lipinski definition) is 2. The Morgan fingerprint density at radius 1 is 1.25 bits per heavy atom. The van der Waals surface area contributed by atoms with Gasteiger partial charge in [0.15, 0.2) is 0 Å². The third kappa shape index (κ3) is 2.52. The van der Waals surface area contributed by atoms with Crippen molar-refractivity contribution in [2.24, 2.45) is 13.0 Å². The van der Waals surface area contributed by atoms with E-state index in [9.17, 15) is 9.59 Å². The predicted molar refractivity (Wildman–Crippen MR) is 76.6 cm³/mol. The van der Waals surface area contributed by atoms with Crippen LogP contribution in [-0.4, -0.2) is 27.6 Å². The second-order valence-corrected chi connectivity index (χ2v) is 5.20. The van der Waals surface area contributed by atoms with Gasteiger partial charge in [-0.05, 0) is 24.1 Å². The van der Waals surface area contributed by atoms with Gasteiger partial charge in [0.2, 0.25) is 0 Å². The summed E-state index contributed by atoms with van der Waals surface area (Å²) in [6.45, 7) is 3.53. The van der Waals surface area contributed by atoms with Crippen LogP contribution in [0, 0.1) is 5.92 Å². The molecule has 1 heterocycles. The summed E-state index contributed by atoms with van der Waals surface area (Å²) in [5.41, 5.74) is 1.43. The summed E-state index contributed by atoms with van der Waals surface area (Å²) in [7, 11) is 1.90. The van der Waals surface area contributed by atoms with Crippen molar-refractivity contribution in [3.8, 4) is 0 Å². The number of nitrogens with zero attached hydrogens (tertiary/aromatic N) is 1. The van der Waals surface area contributed by atoms with Crippen molar-refractivity contribution in [3.63, 3.8) is 0 Å². The van der Waals surface area contributed by atoms with Crippen molar-refractivity contribution < 1.29 is 14.7 Å². The maximum absolute atomic E-state index is 12.3. The van der Waals surface area contributed by atoms with E-state index in [4.69, 9.17) is 5.11 Å². The number of benzene rings is 1. The molecule has 0 aliphatic rings. The van der Waals surface area contributed by atoms with E-state index in [0.717, 1.165) is 10.9 Å². The molecular weight excluding hydrogens is 256 g/mol. The first-order valence-corrected chi connectivity index (χ1v) is 6.49. The van der Waals surface area contributed by atoms with Gasteiger partial charge in [0.05, 0.1) is 0 Å². The van der Waals surface area contributed by atoms with Gasteiger partial charge in [-0.1, -0.05) is 19.9 Å². The average molecular weight is 274 g/mol. The summed E-state index contributed by atoms with van der Waals surface area (Å²) in [6.07, 6.45) is 1.87. The summed E-state index contributed by atoms with van der Waals surface area (Å²) >= 11 is 0. The molecule has 2 N–H and O–H groups in total. The summed E-state index contributed by atoms with van der Waals surface area (Å²) in [5.74, 6) is -1.55. The fraction of sp³-hybridized carbons (Fsp3) is 0.333. The third-order valence-corrected chi connectivity index (χ3v) is 3.39. The number of carboxylic acid groups (broad SMARTS) is 1. The maximum Gasteiger partial charge on any atom is 0.326 e. The minimum absolute atomic E-state index is 0.175. The van der Waals surface area contributed by atoms with Gasteiger partial charge in [0.1, 0.15) is 6.04 Å². The molecule has 0 saturated heterocycles. The van der Waals surface area contributed by atoms with Crippen LogP contribution in [0.1, 0.15) is 24.2 Å². The largest absolute Gasteiger partial charge is 0.480 e. The van der Waals surface area contributed by atoms with Crippen LogP contribution in [-0.2, 0) is 11.8 Å². The third-order valence-electron chi connectivity index (χ3n) is 3.39. The van der Waals surface area contributed by atoms with E-state index in [1.165, 1.54) is 0 Å². The van der Waals surface area contributed by atoms with Gasteiger partial charge in [0.25, 0.3) is 5.91 Å². The van der Waals surface area contributed by atoms with Crippen LogP contribution in [0.5, 0.6) is 0 Å². The molecule has 0 aliphatic carbocycles. The molecular formula is C15H18N2O3. The number of fused-ring (bicyclic) bond motifs is 1. The smallest absolute Gasteiger partial charge is 0.326 e. The molecule has 0 unspecified atom stereocenters. The number of rotatable bonds is 4. The van der Waals surface area contributed by atoms with Gasteiger partial charge in [-0.2, -0.15) is 0 Å². The molecule has 106 valence electrons. The Balaban J connectivity index is 2.34. The number of aliphatic carboxylic acids is 1. The van der Waals surface area contributed by atoms with E-state index < -0.39 is 12.0 Å². The number of carboxylic acids is 1. The van der Waals surface area contributed by atoms with Crippen molar-refractivity contribution >= 4 is 22.8 Å². The zero-order valence-electron chi connectivity index (χ0n) is 11.8. The van der Waals surface area contributed by atoms with Gasteiger partial charge >= 0.3 is 5.97 Å². The van der Waals surface area contributed by atoms with Gasteiger partial charge in [-0.25, -0.2) is 4.79 Å². The first-order chi connectivity index (χ1) is 9.41. The maximum atomic E-state index is 12.3. The van der Waals surface area contributed by atoms with E-state index in [1.54, 1.807) is 26.0 Å². The monoisotopic (exact) mass is 274 g/mol. The average Bonchev–Trinajstić information content (AvgIpc) is 2.77. The number of carbonyl (C=O) groups excluding carboxylic acids is 1. The summed E-state index contributed by atoms with van der Waals surface area (Å²) in [4.78, 5) is 23.5. The molecule has 2 rings (SSSR count). The number of aromatic nitrogens is 1. The van der Waals surface area contributed by atoms with Crippen LogP contribution in [0.25, 0.3) is 10.9 Å². The fourth-order valence-electron chi connectivity index (χ4n) is 2.23. The molecule has 0 spiro atoms. The zero-order chi connectivity index (χ0) is 14.9. The number of aryl methyl sites for hydroxylation is 1. The Morgan fingerprint density at radius 3 is 2.55 bits per heavy atom. The Labute approximate surface area is 117 Å². The second kappa shape index (κ2) is 5.36. The second-order valence-electron chi connectivity index (χ2n) is 5.20. The molecule has 1 aromatic heterocycles. The summed E-state index contributed by atoms with van der Waals surface area (Å²) in [6, 6.07) is 6.39. The highest BCUT2D eigenvalue weighted by molar-refractivity contribution is 6.07. The Bertz CT molecular complexity index is 658. The van der Waals surface area contributed by atoms with E-state index >= 15 is 0 Å². The van der Waals surface area contributed by atoms with E-state index in [1.807, 2.05) is 29.9 Å². The molecule has 1 atom stereocenters. The SMILES string of the molecule is CC(C)[C@@H](NC(=O)c1cccc2c1ccn2C)C(=O)O. The molecule has 0 aliphatic heterocycles. The van der Waals surface area contributed by atoms with Crippen molar-refractivity contribution in [1.29, 1.82) is 0 Å². The molecule has 0 saturated carbocycles. The molecule has 1 aromatic carbocycles. The fourth-order valence-corrected chi connectivity index (χ4v) is 2.23. The standard InChI is InChI=1S/C15H18N2O3/c1-9(2)13(15(19)20)16-14(18)11-5-4-6-12-10(11)7-8-17(12)3/h4-9,13H,1-3H3,(H,16,18)(H,19,20)/t13-/m1/s1. The lowest BCUT2D eigenvalue weighted by Crippen LogP contribution is -2.44.